The van der Waals surface area contributed by atoms with Crippen molar-refractivity contribution in [3.05, 3.63) is 29.8 Å². The molecule has 0 amide bonds. The van der Waals surface area contributed by atoms with Gasteiger partial charge in [0.05, 0.1) is 0 Å². The maximum atomic E-state index is 10.3. The highest BCUT2D eigenvalue weighted by molar-refractivity contribution is 6.52. The highest BCUT2D eigenvalue weighted by Gasteiger charge is 1.90. The van der Waals surface area contributed by atoms with E-state index in [0.29, 0.717) is 0 Å². The molecule has 1 nitrogen and oxygen atoms in total. The summed E-state index contributed by atoms with van der Waals surface area (Å²) >= 11 is 0. The van der Waals surface area contributed by atoms with Crippen molar-refractivity contribution in [3.63, 3.8) is 0 Å². The average Bonchev–Trinajstić information content (AvgIpc) is 2.05. The lowest BCUT2D eigenvalue weighted by Crippen LogP contribution is -2.09. The molecule has 0 aliphatic heterocycles. The van der Waals surface area contributed by atoms with Gasteiger partial charge in [0.15, 0.2) is 7.28 Å². The van der Waals surface area contributed by atoms with E-state index in [-0.39, 0.29) is 0 Å². The molecular formula is C8H9BO. The van der Waals surface area contributed by atoms with Crippen LogP contribution in [0.1, 0.15) is 10.4 Å². The van der Waals surface area contributed by atoms with Gasteiger partial charge in [0.1, 0.15) is 6.29 Å². The van der Waals surface area contributed by atoms with E-state index < -0.39 is 0 Å². The van der Waals surface area contributed by atoms with Gasteiger partial charge in [-0.3, -0.25) is 4.79 Å². The second-order valence-corrected chi connectivity index (χ2v) is 2.22. The molecule has 0 atom stereocenters. The van der Waals surface area contributed by atoms with Gasteiger partial charge in [-0.05, 0) is 0 Å². The molecule has 0 aliphatic carbocycles. The first kappa shape index (κ1) is 7.07. The molecule has 0 aliphatic rings. The first-order chi connectivity index (χ1) is 4.86. The summed E-state index contributed by atoms with van der Waals surface area (Å²) in [7, 11) is 0.988. The summed E-state index contributed by atoms with van der Waals surface area (Å²) in [4.78, 5) is 10.3. The van der Waals surface area contributed by atoms with Gasteiger partial charge < -0.3 is 0 Å². The van der Waals surface area contributed by atoms with Crippen LogP contribution in [0.2, 0.25) is 6.82 Å². The molecule has 0 heterocycles. The lowest BCUT2D eigenvalue weighted by molar-refractivity contribution is 0.112. The normalized spacial score (nSPS) is 8.90. The number of aldehydes is 1. The number of benzene rings is 1. The quantitative estimate of drug-likeness (QED) is 0.425. The van der Waals surface area contributed by atoms with Crippen molar-refractivity contribution in [2.75, 3.05) is 0 Å². The van der Waals surface area contributed by atoms with Crippen LogP contribution in [0, 0.1) is 0 Å². The van der Waals surface area contributed by atoms with Gasteiger partial charge in [-0.1, -0.05) is 36.6 Å². The molecule has 50 valence electrons. The smallest absolute Gasteiger partial charge is 0.154 e. The Morgan fingerprint density at radius 1 is 1.50 bits per heavy atom. The molecule has 0 aromatic heterocycles. The van der Waals surface area contributed by atoms with Gasteiger partial charge >= 0.3 is 0 Å². The van der Waals surface area contributed by atoms with Crippen molar-refractivity contribution < 1.29 is 4.79 Å². The van der Waals surface area contributed by atoms with E-state index in [1.165, 1.54) is 5.46 Å². The summed E-state index contributed by atoms with van der Waals surface area (Å²) in [6.07, 6.45) is 0.874. The monoisotopic (exact) mass is 132 g/mol. The molecule has 1 rings (SSSR count). The molecule has 0 radical (unpaired) electrons. The third-order valence-corrected chi connectivity index (χ3v) is 1.50. The topological polar surface area (TPSA) is 17.1 Å². The zero-order valence-electron chi connectivity index (χ0n) is 6.00. The molecule has 0 saturated heterocycles. The maximum absolute atomic E-state index is 10.3. The van der Waals surface area contributed by atoms with E-state index in [4.69, 9.17) is 0 Å². The van der Waals surface area contributed by atoms with Crippen molar-refractivity contribution in [1.82, 2.24) is 0 Å². The number of carbonyl (C=O) groups excluding carboxylic acids is 1. The van der Waals surface area contributed by atoms with Crippen LogP contribution in [0.15, 0.2) is 24.3 Å². The van der Waals surface area contributed by atoms with Crippen molar-refractivity contribution >= 4 is 19.0 Å². The van der Waals surface area contributed by atoms with E-state index in [1.807, 2.05) is 24.3 Å². The van der Waals surface area contributed by atoms with Gasteiger partial charge in [-0.2, -0.15) is 0 Å². The third kappa shape index (κ3) is 1.47. The Bertz CT molecular complexity index is 232. The van der Waals surface area contributed by atoms with Gasteiger partial charge in [-0.25, -0.2) is 0 Å². The van der Waals surface area contributed by atoms with Crippen LogP contribution in [0.4, 0.5) is 0 Å². The third-order valence-electron chi connectivity index (χ3n) is 1.50. The molecule has 0 unspecified atom stereocenters. The molecule has 1 aromatic carbocycles. The van der Waals surface area contributed by atoms with Crippen molar-refractivity contribution in [3.8, 4) is 0 Å². The minimum absolute atomic E-state index is 0.763. The first-order valence-corrected chi connectivity index (χ1v) is 3.41. The zero-order chi connectivity index (χ0) is 7.40. The average molecular weight is 132 g/mol. The summed E-state index contributed by atoms with van der Waals surface area (Å²) in [5.41, 5.74) is 1.98. The van der Waals surface area contributed by atoms with Crippen LogP contribution >= 0.6 is 0 Å². The Morgan fingerprint density at radius 3 is 2.90 bits per heavy atom. The highest BCUT2D eigenvalue weighted by atomic mass is 16.1. The fourth-order valence-electron chi connectivity index (χ4n) is 0.886. The largest absolute Gasteiger partial charge is 0.298 e. The summed E-state index contributed by atoms with van der Waals surface area (Å²) in [5.74, 6) is 0. The fourth-order valence-corrected chi connectivity index (χ4v) is 0.886. The molecule has 0 spiro atoms. The van der Waals surface area contributed by atoms with Crippen LogP contribution in [0.3, 0.4) is 0 Å². The Kier molecular flexibility index (Phi) is 2.27. The van der Waals surface area contributed by atoms with E-state index in [2.05, 4.69) is 6.82 Å². The zero-order valence-corrected chi connectivity index (χ0v) is 6.00. The lowest BCUT2D eigenvalue weighted by Gasteiger charge is -1.93. The summed E-state index contributed by atoms with van der Waals surface area (Å²) < 4.78 is 0. The molecule has 0 N–H and O–H groups in total. The second-order valence-electron chi connectivity index (χ2n) is 2.22. The summed E-state index contributed by atoms with van der Waals surface area (Å²) in [6.45, 7) is 2.07. The highest BCUT2D eigenvalue weighted by Crippen LogP contribution is 1.90. The number of rotatable bonds is 2. The summed E-state index contributed by atoms with van der Waals surface area (Å²) in [6, 6.07) is 7.65. The van der Waals surface area contributed by atoms with Crippen LogP contribution in [-0.2, 0) is 0 Å². The second kappa shape index (κ2) is 3.21. The van der Waals surface area contributed by atoms with Crippen molar-refractivity contribution in [2.45, 2.75) is 6.82 Å². The van der Waals surface area contributed by atoms with E-state index in [9.17, 15) is 4.79 Å². The Labute approximate surface area is 61.3 Å². The first-order valence-electron chi connectivity index (χ1n) is 3.41. The van der Waals surface area contributed by atoms with Crippen LogP contribution in [0.25, 0.3) is 0 Å². The van der Waals surface area contributed by atoms with E-state index in [0.717, 1.165) is 19.1 Å². The Balaban J connectivity index is 2.98. The van der Waals surface area contributed by atoms with Crippen LogP contribution in [0.5, 0.6) is 0 Å². The predicted molar refractivity (Wildman–Crippen MR) is 44.5 cm³/mol. The predicted octanol–water partition coefficient (Wildman–Crippen LogP) is 0.609. The van der Waals surface area contributed by atoms with Crippen molar-refractivity contribution in [2.24, 2.45) is 0 Å². The van der Waals surface area contributed by atoms with E-state index in [1.54, 1.807) is 0 Å². The molecular weight excluding hydrogens is 123 g/mol. The minimum atomic E-state index is 0.763. The summed E-state index contributed by atoms with van der Waals surface area (Å²) in [5, 5.41) is 0. The molecule has 0 saturated carbocycles. The van der Waals surface area contributed by atoms with Gasteiger partial charge in [-0.15, -0.1) is 0 Å². The van der Waals surface area contributed by atoms with Crippen LogP contribution < -0.4 is 5.46 Å². The fraction of sp³-hybridized carbons (Fsp3) is 0.125. The molecule has 0 bridgehead atoms. The standard InChI is InChI=1S/C8H9BO/c1-9-8-4-2-3-7(5-8)6-10/h2-6,9H,1H3. The lowest BCUT2D eigenvalue weighted by atomic mass is 9.73. The maximum Gasteiger partial charge on any atom is 0.154 e. The minimum Gasteiger partial charge on any atom is -0.298 e. The van der Waals surface area contributed by atoms with Gasteiger partial charge in [0, 0.05) is 5.56 Å². The number of hydrogen-bond acceptors (Lipinski definition) is 1. The van der Waals surface area contributed by atoms with Crippen molar-refractivity contribution in [1.29, 1.82) is 0 Å². The van der Waals surface area contributed by atoms with Gasteiger partial charge in [0.2, 0.25) is 0 Å². The molecule has 0 fully saturated rings. The van der Waals surface area contributed by atoms with E-state index >= 15 is 0 Å². The molecule has 1 aromatic rings. The SMILES string of the molecule is CBc1cccc(C=O)c1. The van der Waals surface area contributed by atoms with Gasteiger partial charge in [0.25, 0.3) is 0 Å². The molecule has 2 heteroatoms. The van der Waals surface area contributed by atoms with Crippen LogP contribution in [-0.4, -0.2) is 13.6 Å². The Hall–Kier alpha value is -1.05. The molecule has 10 heavy (non-hydrogen) atoms. The number of carbonyl (C=O) groups is 1. The number of hydrogen-bond donors (Lipinski definition) is 0. The Morgan fingerprint density at radius 2 is 2.30 bits per heavy atom.